The highest BCUT2D eigenvalue weighted by Gasteiger charge is 2.07. The number of amides is 1. The Morgan fingerprint density at radius 3 is 2.44 bits per heavy atom. The number of hydrogen-bond donors (Lipinski definition) is 1. The average molecular weight is 241 g/mol. The minimum atomic E-state index is -0.250. The van der Waals surface area contributed by atoms with Gasteiger partial charge in [-0.25, -0.2) is 4.98 Å². The van der Waals surface area contributed by atoms with Gasteiger partial charge in [-0.1, -0.05) is 26.0 Å². The van der Waals surface area contributed by atoms with Gasteiger partial charge in [-0.2, -0.15) is 0 Å². The lowest BCUT2D eigenvalue weighted by Crippen LogP contribution is -2.13. The van der Waals surface area contributed by atoms with Crippen LogP contribution in [0.4, 0.5) is 5.69 Å². The summed E-state index contributed by atoms with van der Waals surface area (Å²) in [6, 6.07) is 7.81. The second-order valence-electron chi connectivity index (χ2n) is 4.32. The van der Waals surface area contributed by atoms with Crippen LogP contribution in [-0.4, -0.2) is 15.9 Å². The van der Waals surface area contributed by atoms with Gasteiger partial charge in [-0.3, -0.25) is 9.78 Å². The minimum absolute atomic E-state index is 0.250. The Labute approximate surface area is 106 Å². The van der Waals surface area contributed by atoms with Crippen molar-refractivity contribution in [3.05, 3.63) is 54.1 Å². The molecule has 1 N–H and O–H groups in total. The number of nitrogens with one attached hydrogen (secondary N) is 1. The molecule has 0 aliphatic carbocycles. The minimum Gasteiger partial charge on any atom is -0.321 e. The van der Waals surface area contributed by atoms with E-state index in [2.05, 4.69) is 29.1 Å². The highest BCUT2D eigenvalue weighted by Crippen LogP contribution is 2.17. The third-order valence-electron chi connectivity index (χ3n) is 2.63. The molecule has 0 atom stereocenters. The van der Waals surface area contributed by atoms with Gasteiger partial charge in [0, 0.05) is 18.1 Å². The van der Waals surface area contributed by atoms with E-state index >= 15 is 0 Å². The van der Waals surface area contributed by atoms with Gasteiger partial charge >= 0.3 is 0 Å². The van der Waals surface area contributed by atoms with Crippen molar-refractivity contribution in [2.45, 2.75) is 19.8 Å². The van der Waals surface area contributed by atoms with Crippen molar-refractivity contribution in [3.8, 4) is 0 Å². The summed E-state index contributed by atoms with van der Waals surface area (Å²) in [4.78, 5) is 19.6. The molecule has 1 aromatic heterocycles. The fourth-order valence-electron chi connectivity index (χ4n) is 1.56. The Hall–Kier alpha value is -2.23. The highest BCUT2D eigenvalue weighted by molar-refractivity contribution is 6.02. The van der Waals surface area contributed by atoms with Crippen LogP contribution in [-0.2, 0) is 0 Å². The molecule has 92 valence electrons. The van der Waals surface area contributed by atoms with Crippen LogP contribution in [0, 0.1) is 0 Å². The maximum atomic E-state index is 11.8. The van der Waals surface area contributed by atoms with Crippen molar-refractivity contribution in [2.75, 3.05) is 5.32 Å². The summed E-state index contributed by atoms with van der Waals surface area (Å²) in [5.74, 6) is 0.232. The first-order valence-electron chi connectivity index (χ1n) is 5.84. The molecule has 2 rings (SSSR count). The molecule has 1 heterocycles. The van der Waals surface area contributed by atoms with Crippen molar-refractivity contribution in [1.82, 2.24) is 9.97 Å². The molecular formula is C14H15N3O. The fourth-order valence-corrected chi connectivity index (χ4v) is 1.56. The van der Waals surface area contributed by atoms with E-state index in [4.69, 9.17) is 0 Å². The lowest BCUT2D eigenvalue weighted by atomic mass is 10.0. The van der Waals surface area contributed by atoms with E-state index in [1.165, 1.54) is 24.2 Å². The monoisotopic (exact) mass is 241 g/mol. The zero-order valence-corrected chi connectivity index (χ0v) is 10.4. The number of anilines is 1. The second-order valence-corrected chi connectivity index (χ2v) is 4.32. The summed E-state index contributed by atoms with van der Waals surface area (Å²) < 4.78 is 0. The summed E-state index contributed by atoms with van der Waals surface area (Å²) in [5, 5.41) is 2.78. The Morgan fingerprint density at radius 1 is 1.17 bits per heavy atom. The van der Waals surface area contributed by atoms with Crippen molar-refractivity contribution >= 4 is 11.6 Å². The quantitative estimate of drug-likeness (QED) is 0.899. The summed E-state index contributed by atoms with van der Waals surface area (Å²) in [7, 11) is 0. The molecule has 0 spiro atoms. The first kappa shape index (κ1) is 12.2. The third-order valence-corrected chi connectivity index (χ3v) is 2.63. The number of carbonyl (C=O) groups excluding carboxylic acids is 1. The van der Waals surface area contributed by atoms with E-state index in [-0.39, 0.29) is 5.91 Å². The van der Waals surface area contributed by atoms with Gasteiger partial charge in [0.05, 0.1) is 6.20 Å². The van der Waals surface area contributed by atoms with Gasteiger partial charge in [0.25, 0.3) is 5.91 Å². The van der Waals surface area contributed by atoms with Crippen LogP contribution < -0.4 is 5.32 Å². The van der Waals surface area contributed by atoms with Crippen molar-refractivity contribution in [2.24, 2.45) is 0 Å². The molecule has 0 saturated heterocycles. The van der Waals surface area contributed by atoms with E-state index in [1.54, 1.807) is 0 Å². The van der Waals surface area contributed by atoms with Crippen LogP contribution in [0.25, 0.3) is 0 Å². The van der Waals surface area contributed by atoms with E-state index in [0.717, 1.165) is 5.69 Å². The molecule has 0 radical (unpaired) electrons. The standard InChI is InChI=1S/C14H15N3O/c1-10(2)11-3-5-12(6-4-11)17-14(18)13-9-15-7-8-16-13/h3-10H,1-2H3,(H,17,18). The number of rotatable bonds is 3. The van der Waals surface area contributed by atoms with E-state index in [9.17, 15) is 4.79 Å². The lowest BCUT2D eigenvalue weighted by Gasteiger charge is -2.07. The molecule has 4 heteroatoms. The summed E-state index contributed by atoms with van der Waals surface area (Å²) in [5.41, 5.74) is 2.31. The lowest BCUT2D eigenvalue weighted by molar-refractivity contribution is 0.102. The molecule has 2 aromatic rings. The number of hydrogen-bond acceptors (Lipinski definition) is 3. The zero-order valence-electron chi connectivity index (χ0n) is 10.4. The average Bonchev–Trinajstić information content (AvgIpc) is 2.40. The van der Waals surface area contributed by atoms with Crippen LogP contribution in [0.15, 0.2) is 42.9 Å². The van der Waals surface area contributed by atoms with Crippen LogP contribution in [0.5, 0.6) is 0 Å². The van der Waals surface area contributed by atoms with Crippen LogP contribution in [0.1, 0.15) is 35.8 Å². The predicted molar refractivity (Wildman–Crippen MR) is 70.5 cm³/mol. The van der Waals surface area contributed by atoms with Crippen LogP contribution >= 0.6 is 0 Å². The summed E-state index contributed by atoms with van der Waals surface area (Å²) >= 11 is 0. The topological polar surface area (TPSA) is 54.9 Å². The first-order valence-corrected chi connectivity index (χ1v) is 5.84. The van der Waals surface area contributed by atoms with Crippen LogP contribution in [0.2, 0.25) is 0 Å². The molecule has 1 aromatic carbocycles. The molecule has 1 amide bonds. The predicted octanol–water partition coefficient (Wildman–Crippen LogP) is 2.85. The Balaban J connectivity index is 2.08. The highest BCUT2D eigenvalue weighted by atomic mass is 16.1. The number of aromatic nitrogens is 2. The smallest absolute Gasteiger partial charge is 0.275 e. The van der Waals surface area contributed by atoms with E-state index in [0.29, 0.717) is 11.6 Å². The zero-order chi connectivity index (χ0) is 13.0. The maximum absolute atomic E-state index is 11.8. The van der Waals surface area contributed by atoms with Crippen molar-refractivity contribution in [1.29, 1.82) is 0 Å². The Morgan fingerprint density at radius 2 is 1.89 bits per heavy atom. The van der Waals surface area contributed by atoms with Crippen molar-refractivity contribution < 1.29 is 4.79 Å². The number of nitrogens with zero attached hydrogens (tertiary/aromatic N) is 2. The van der Waals surface area contributed by atoms with Gasteiger partial charge in [-0.15, -0.1) is 0 Å². The molecule has 0 fully saturated rings. The SMILES string of the molecule is CC(C)c1ccc(NC(=O)c2cnccn2)cc1. The Kier molecular flexibility index (Phi) is 3.67. The molecule has 0 aliphatic heterocycles. The first-order chi connectivity index (χ1) is 8.66. The number of benzene rings is 1. The number of carbonyl (C=O) groups is 1. The Bertz CT molecular complexity index is 520. The second kappa shape index (κ2) is 5.40. The van der Waals surface area contributed by atoms with Gasteiger partial charge < -0.3 is 5.32 Å². The largest absolute Gasteiger partial charge is 0.321 e. The normalized spacial score (nSPS) is 10.4. The summed E-state index contributed by atoms with van der Waals surface area (Å²) in [6.45, 7) is 4.26. The molecule has 0 unspecified atom stereocenters. The van der Waals surface area contributed by atoms with Gasteiger partial charge in [0.1, 0.15) is 5.69 Å². The van der Waals surface area contributed by atoms with Crippen molar-refractivity contribution in [3.63, 3.8) is 0 Å². The van der Waals surface area contributed by atoms with E-state index < -0.39 is 0 Å². The summed E-state index contributed by atoms with van der Waals surface area (Å²) in [6.07, 6.45) is 4.48. The molecular weight excluding hydrogens is 226 g/mol. The third kappa shape index (κ3) is 2.91. The van der Waals surface area contributed by atoms with Gasteiger partial charge in [0.2, 0.25) is 0 Å². The van der Waals surface area contributed by atoms with Gasteiger partial charge in [-0.05, 0) is 23.6 Å². The van der Waals surface area contributed by atoms with Crippen LogP contribution in [0.3, 0.4) is 0 Å². The molecule has 0 aliphatic rings. The molecule has 0 bridgehead atoms. The molecule has 18 heavy (non-hydrogen) atoms. The molecule has 0 saturated carbocycles. The maximum Gasteiger partial charge on any atom is 0.275 e. The molecule has 4 nitrogen and oxygen atoms in total. The fraction of sp³-hybridized carbons (Fsp3) is 0.214. The van der Waals surface area contributed by atoms with Gasteiger partial charge in [0.15, 0.2) is 0 Å². The van der Waals surface area contributed by atoms with E-state index in [1.807, 2.05) is 24.3 Å².